The first-order chi connectivity index (χ1) is 14.9. The molecule has 1 amide bonds. The van der Waals surface area contributed by atoms with Crippen molar-refractivity contribution in [3.8, 4) is 0 Å². The van der Waals surface area contributed by atoms with E-state index in [1.165, 1.54) is 6.08 Å². The molecule has 3 N–H and O–H groups in total. The van der Waals surface area contributed by atoms with Crippen molar-refractivity contribution in [1.29, 1.82) is 0 Å². The van der Waals surface area contributed by atoms with Crippen molar-refractivity contribution in [2.75, 3.05) is 6.61 Å². The van der Waals surface area contributed by atoms with E-state index in [2.05, 4.69) is 5.32 Å². The predicted octanol–water partition coefficient (Wildman–Crippen LogP) is 3.48. The summed E-state index contributed by atoms with van der Waals surface area (Å²) in [5.41, 5.74) is 0.725. The molecule has 1 unspecified atom stereocenters. The Morgan fingerprint density at radius 3 is 2.09 bits per heavy atom. The minimum absolute atomic E-state index is 0.00560. The lowest BCUT2D eigenvalue weighted by Crippen LogP contribution is -2.45. The van der Waals surface area contributed by atoms with Crippen LogP contribution in [0.5, 0.6) is 0 Å². The molecule has 0 saturated heterocycles. The molecule has 1 aromatic carbocycles. The van der Waals surface area contributed by atoms with E-state index in [-0.39, 0.29) is 30.8 Å². The van der Waals surface area contributed by atoms with Gasteiger partial charge in [-0.05, 0) is 25.2 Å². The Balaban J connectivity index is 3.59. The molecule has 0 radical (unpaired) electrons. The number of benzene rings is 1. The van der Waals surface area contributed by atoms with Gasteiger partial charge in [-0.25, -0.2) is 4.79 Å². The molecule has 0 spiro atoms. The molecular formula is C23H34NO7P. The lowest BCUT2D eigenvalue weighted by atomic mass is 9.75. The highest BCUT2D eigenvalue weighted by Crippen LogP contribution is 2.63. The van der Waals surface area contributed by atoms with Gasteiger partial charge in [-0.2, -0.15) is 0 Å². The smallest absolute Gasteiger partial charge is 0.336 e. The summed E-state index contributed by atoms with van der Waals surface area (Å²) in [6.45, 7) is 8.46. The highest BCUT2D eigenvalue weighted by atomic mass is 31.2. The number of amides is 1. The van der Waals surface area contributed by atoms with Crippen molar-refractivity contribution >= 4 is 25.8 Å². The van der Waals surface area contributed by atoms with E-state index in [1.54, 1.807) is 65.0 Å². The van der Waals surface area contributed by atoms with Crippen LogP contribution in [0, 0.1) is 11.8 Å². The van der Waals surface area contributed by atoms with Gasteiger partial charge in [-0.1, -0.05) is 69.7 Å². The molecule has 1 rings (SSSR count). The summed E-state index contributed by atoms with van der Waals surface area (Å²) in [5.74, 6) is -2.00. The summed E-state index contributed by atoms with van der Waals surface area (Å²) < 4.78 is 17.9. The van der Waals surface area contributed by atoms with Crippen LogP contribution in [0.15, 0.2) is 42.0 Å². The van der Waals surface area contributed by atoms with E-state index in [9.17, 15) is 28.7 Å². The topological polar surface area (TPSA) is 130 Å². The minimum atomic E-state index is -4.78. The summed E-state index contributed by atoms with van der Waals surface area (Å²) in [4.78, 5) is 57.2. The van der Waals surface area contributed by atoms with Crippen LogP contribution < -0.4 is 5.32 Å². The number of hydrogen-bond donors (Lipinski definition) is 3. The molecular weight excluding hydrogens is 433 g/mol. The average Bonchev–Trinajstić information content (AvgIpc) is 2.70. The maximum atomic E-state index is 12.9. The molecule has 0 aromatic heterocycles. The standard InChI is InChI=1S/C23H34NO7P/c1-6-31-22(27)20(24-15-25)14-19(12-13-21(26)18-10-8-7-9-11-18)23(16(2)3,17(4)5)32(28,29)30/h7-11,14-17,20H,6,12-13H2,1-5H3,(H,24,25)(H2,28,29,30). The maximum absolute atomic E-state index is 12.9. The van der Waals surface area contributed by atoms with E-state index in [0.29, 0.717) is 12.0 Å². The van der Waals surface area contributed by atoms with Crippen molar-refractivity contribution in [2.24, 2.45) is 11.8 Å². The highest BCUT2D eigenvalue weighted by molar-refractivity contribution is 7.54. The van der Waals surface area contributed by atoms with Crippen LogP contribution in [-0.4, -0.2) is 45.8 Å². The summed E-state index contributed by atoms with van der Waals surface area (Å²) in [5, 5.41) is 0.709. The van der Waals surface area contributed by atoms with Gasteiger partial charge in [0.15, 0.2) is 5.78 Å². The third-order valence-electron chi connectivity index (χ3n) is 5.63. The van der Waals surface area contributed by atoms with Gasteiger partial charge < -0.3 is 19.8 Å². The third kappa shape index (κ3) is 6.37. The molecule has 9 heteroatoms. The number of ketones is 1. The van der Waals surface area contributed by atoms with Crippen molar-refractivity contribution in [1.82, 2.24) is 5.32 Å². The van der Waals surface area contributed by atoms with Gasteiger partial charge in [-0.15, -0.1) is 0 Å². The lowest BCUT2D eigenvalue weighted by Gasteiger charge is -2.44. The lowest BCUT2D eigenvalue weighted by molar-refractivity contribution is -0.145. The van der Waals surface area contributed by atoms with Crippen molar-refractivity contribution in [3.63, 3.8) is 0 Å². The fraction of sp³-hybridized carbons (Fsp3) is 0.522. The normalized spacial score (nSPS) is 13.7. The number of hydrogen-bond acceptors (Lipinski definition) is 5. The summed E-state index contributed by atoms with van der Waals surface area (Å²) in [6, 6.07) is 7.35. The van der Waals surface area contributed by atoms with Crippen molar-refractivity contribution in [2.45, 2.75) is 58.7 Å². The number of nitrogens with one attached hydrogen (secondary N) is 1. The second-order valence-electron chi connectivity index (χ2n) is 8.17. The summed E-state index contributed by atoms with van der Waals surface area (Å²) in [6.07, 6.45) is 1.65. The number of carbonyl (C=O) groups excluding carboxylic acids is 3. The van der Waals surface area contributed by atoms with Gasteiger partial charge in [-0.3, -0.25) is 14.2 Å². The minimum Gasteiger partial charge on any atom is -0.464 e. The molecule has 1 aromatic rings. The first-order valence-electron chi connectivity index (χ1n) is 10.6. The molecule has 0 fully saturated rings. The molecule has 0 saturated carbocycles. The zero-order valence-corrected chi connectivity index (χ0v) is 20.2. The Hall–Kier alpha value is -2.28. The van der Waals surface area contributed by atoms with E-state index in [0.717, 1.165) is 0 Å². The molecule has 0 bridgehead atoms. The molecule has 0 aliphatic heterocycles. The molecule has 0 aliphatic carbocycles. The van der Waals surface area contributed by atoms with E-state index in [4.69, 9.17) is 4.74 Å². The van der Waals surface area contributed by atoms with E-state index in [1.807, 2.05) is 0 Å². The first-order valence-corrected chi connectivity index (χ1v) is 12.3. The summed E-state index contributed by atoms with van der Waals surface area (Å²) in [7, 11) is -4.78. The second-order valence-corrected chi connectivity index (χ2v) is 10.0. The van der Waals surface area contributed by atoms with E-state index >= 15 is 0 Å². The van der Waals surface area contributed by atoms with Crippen LogP contribution in [0.2, 0.25) is 0 Å². The van der Waals surface area contributed by atoms with Crippen molar-refractivity contribution in [3.05, 3.63) is 47.5 Å². The van der Waals surface area contributed by atoms with Crippen molar-refractivity contribution < 1.29 is 33.5 Å². The van der Waals surface area contributed by atoms with Crippen LogP contribution in [0.3, 0.4) is 0 Å². The Morgan fingerprint density at radius 1 is 1.09 bits per heavy atom. The van der Waals surface area contributed by atoms with Gasteiger partial charge in [0.1, 0.15) is 6.04 Å². The zero-order chi connectivity index (χ0) is 24.5. The largest absolute Gasteiger partial charge is 0.464 e. The third-order valence-corrected chi connectivity index (χ3v) is 7.91. The molecule has 0 heterocycles. The fourth-order valence-corrected chi connectivity index (χ4v) is 6.30. The van der Waals surface area contributed by atoms with Crippen LogP contribution in [-0.2, 0) is 18.9 Å². The number of carbonyl (C=O) groups is 3. The Morgan fingerprint density at radius 2 is 1.66 bits per heavy atom. The predicted molar refractivity (Wildman–Crippen MR) is 122 cm³/mol. The molecule has 0 aliphatic rings. The fourth-order valence-electron chi connectivity index (χ4n) is 4.39. The Kier molecular flexibility index (Phi) is 10.5. The summed E-state index contributed by atoms with van der Waals surface area (Å²) >= 11 is 0. The van der Waals surface area contributed by atoms with Crippen LogP contribution in [0.1, 0.15) is 57.8 Å². The molecule has 178 valence electrons. The highest BCUT2D eigenvalue weighted by Gasteiger charge is 2.54. The average molecular weight is 467 g/mol. The first kappa shape index (κ1) is 27.8. The van der Waals surface area contributed by atoms with Gasteiger partial charge >= 0.3 is 13.6 Å². The Labute approximate surface area is 189 Å². The number of ether oxygens (including phenoxy) is 1. The Bertz CT molecular complexity index is 850. The van der Waals surface area contributed by atoms with Gasteiger partial charge in [0.2, 0.25) is 6.41 Å². The molecule has 1 atom stereocenters. The monoisotopic (exact) mass is 467 g/mol. The van der Waals surface area contributed by atoms with Gasteiger partial charge in [0.25, 0.3) is 0 Å². The second kappa shape index (κ2) is 12.1. The van der Waals surface area contributed by atoms with Gasteiger partial charge in [0, 0.05) is 12.0 Å². The number of esters is 1. The quantitative estimate of drug-likeness (QED) is 0.133. The van der Waals surface area contributed by atoms with Crippen LogP contribution in [0.25, 0.3) is 0 Å². The van der Waals surface area contributed by atoms with Gasteiger partial charge in [0.05, 0.1) is 11.8 Å². The number of Topliss-reactive ketones (excluding diaryl/α,β-unsaturated/α-hetero) is 1. The van der Waals surface area contributed by atoms with Crippen LogP contribution >= 0.6 is 7.60 Å². The van der Waals surface area contributed by atoms with E-state index < -0.39 is 36.6 Å². The molecule has 32 heavy (non-hydrogen) atoms. The maximum Gasteiger partial charge on any atom is 0.336 e. The number of allylic oxidation sites excluding steroid dienone is 1. The molecule has 8 nitrogen and oxygen atoms in total. The van der Waals surface area contributed by atoms with Crippen LogP contribution in [0.4, 0.5) is 0 Å². The zero-order valence-electron chi connectivity index (χ0n) is 19.3. The SMILES string of the molecule is CCOC(=O)C(C=C(CCC(=O)c1ccccc1)C(C(C)C)(C(C)C)P(=O)(O)O)NC=O. The number of rotatable bonds is 13.